The van der Waals surface area contributed by atoms with Gasteiger partial charge in [0.25, 0.3) is 0 Å². The molecule has 0 saturated heterocycles. The van der Waals surface area contributed by atoms with Crippen molar-refractivity contribution >= 4 is 0 Å². The van der Waals surface area contributed by atoms with Gasteiger partial charge in [-0.05, 0) is 36.8 Å². The van der Waals surface area contributed by atoms with Crippen LogP contribution in [0.25, 0.3) is 0 Å². The third-order valence-corrected chi connectivity index (χ3v) is 3.28. The molecule has 2 nitrogen and oxygen atoms in total. The maximum Gasteiger partial charge on any atom is 0.0694 e. The normalized spacial score (nSPS) is 14.6. The molecular formula is C15H25NO. The van der Waals surface area contributed by atoms with E-state index >= 15 is 0 Å². The van der Waals surface area contributed by atoms with E-state index in [0.29, 0.717) is 0 Å². The number of benzene rings is 1. The van der Waals surface area contributed by atoms with Gasteiger partial charge in [0.2, 0.25) is 0 Å². The second-order valence-electron chi connectivity index (χ2n) is 4.73. The van der Waals surface area contributed by atoms with E-state index in [1.165, 1.54) is 11.1 Å². The summed E-state index contributed by atoms with van der Waals surface area (Å²) in [7, 11) is 0. The molecule has 17 heavy (non-hydrogen) atoms. The van der Waals surface area contributed by atoms with Crippen LogP contribution in [-0.4, -0.2) is 17.3 Å². The lowest BCUT2D eigenvalue weighted by atomic mass is 9.99. The van der Waals surface area contributed by atoms with Gasteiger partial charge in [0.1, 0.15) is 0 Å². The predicted molar refractivity (Wildman–Crippen MR) is 73.0 cm³/mol. The highest BCUT2D eigenvalue weighted by Crippen LogP contribution is 2.11. The zero-order chi connectivity index (χ0) is 12.7. The average molecular weight is 235 g/mol. The van der Waals surface area contributed by atoms with Crippen LogP contribution in [0.3, 0.4) is 0 Å². The fourth-order valence-corrected chi connectivity index (χ4v) is 2.00. The van der Waals surface area contributed by atoms with Gasteiger partial charge in [0.05, 0.1) is 6.10 Å². The van der Waals surface area contributed by atoms with Gasteiger partial charge in [0.15, 0.2) is 0 Å². The molecule has 0 radical (unpaired) electrons. The van der Waals surface area contributed by atoms with E-state index < -0.39 is 0 Å². The molecule has 0 heterocycles. The van der Waals surface area contributed by atoms with Crippen LogP contribution in [0.4, 0.5) is 0 Å². The van der Waals surface area contributed by atoms with Crippen molar-refractivity contribution in [1.82, 2.24) is 0 Å². The average Bonchev–Trinajstić information content (AvgIpc) is 2.36. The number of hydrogen-bond donors (Lipinski definition) is 2. The van der Waals surface area contributed by atoms with Crippen molar-refractivity contribution in [2.24, 2.45) is 5.73 Å². The standard InChI is InChI=1S/C15H25NO/c1-3-5-14(16)15(17)11-10-13-8-6-12(4-2)7-9-13/h6-9,14-15,17H,3-5,10-11,16H2,1-2H3. The third kappa shape index (κ3) is 4.88. The lowest BCUT2D eigenvalue weighted by molar-refractivity contribution is 0.131. The summed E-state index contributed by atoms with van der Waals surface area (Å²) in [6, 6.07) is 8.55. The van der Waals surface area contributed by atoms with Gasteiger partial charge in [-0.25, -0.2) is 0 Å². The highest BCUT2D eigenvalue weighted by atomic mass is 16.3. The van der Waals surface area contributed by atoms with Crippen LogP contribution in [0, 0.1) is 0 Å². The van der Waals surface area contributed by atoms with Crippen molar-refractivity contribution < 1.29 is 5.11 Å². The maximum atomic E-state index is 9.89. The first-order valence-electron chi connectivity index (χ1n) is 6.68. The minimum Gasteiger partial charge on any atom is -0.392 e. The molecule has 0 saturated carbocycles. The van der Waals surface area contributed by atoms with Crippen LogP contribution >= 0.6 is 0 Å². The van der Waals surface area contributed by atoms with Crippen LogP contribution in [0.5, 0.6) is 0 Å². The summed E-state index contributed by atoms with van der Waals surface area (Å²) in [6.07, 6.45) is 4.29. The molecule has 2 heteroatoms. The van der Waals surface area contributed by atoms with Crippen LogP contribution in [0.15, 0.2) is 24.3 Å². The molecule has 0 aliphatic rings. The van der Waals surface area contributed by atoms with Crippen molar-refractivity contribution in [2.75, 3.05) is 0 Å². The number of aliphatic hydroxyl groups is 1. The van der Waals surface area contributed by atoms with Crippen molar-refractivity contribution in [1.29, 1.82) is 0 Å². The summed E-state index contributed by atoms with van der Waals surface area (Å²) in [5.74, 6) is 0. The molecule has 0 fully saturated rings. The first kappa shape index (κ1) is 14.2. The lowest BCUT2D eigenvalue weighted by Gasteiger charge is -2.18. The topological polar surface area (TPSA) is 46.2 Å². The second kappa shape index (κ2) is 7.46. The molecule has 2 atom stereocenters. The Balaban J connectivity index is 2.38. The summed E-state index contributed by atoms with van der Waals surface area (Å²) >= 11 is 0. The molecule has 96 valence electrons. The van der Waals surface area contributed by atoms with E-state index in [1.54, 1.807) is 0 Å². The summed E-state index contributed by atoms with van der Waals surface area (Å²) in [5.41, 5.74) is 8.53. The number of rotatable bonds is 7. The second-order valence-corrected chi connectivity index (χ2v) is 4.73. The third-order valence-electron chi connectivity index (χ3n) is 3.28. The SMILES string of the molecule is CCCC(N)C(O)CCc1ccc(CC)cc1. The molecule has 3 N–H and O–H groups in total. The Kier molecular flexibility index (Phi) is 6.23. The van der Waals surface area contributed by atoms with Gasteiger partial charge in [-0.1, -0.05) is 44.5 Å². The predicted octanol–water partition coefficient (Wildman–Crippen LogP) is 2.67. The molecule has 0 amide bonds. The highest BCUT2D eigenvalue weighted by Gasteiger charge is 2.13. The summed E-state index contributed by atoms with van der Waals surface area (Å²) < 4.78 is 0. The van der Waals surface area contributed by atoms with Crippen molar-refractivity contribution in [2.45, 2.75) is 58.1 Å². The van der Waals surface area contributed by atoms with Gasteiger partial charge < -0.3 is 10.8 Å². The van der Waals surface area contributed by atoms with Gasteiger partial charge in [-0.2, -0.15) is 0 Å². The molecular weight excluding hydrogens is 210 g/mol. The Hall–Kier alpha value is -0.860. The van der Waals surface area contributed by atoms with Gasteiger partial charge in [0, 0.05) is 6.04 Å². The van der Waals surface area contributed by atoms with E-state index in [2.05, 4.69) is 38.1 Å². The van der Waals surface area contributed by atoms with E-state index in [0.717, 1.165) is 32.1 Å². The first-order valence-corrected chi connectivity index (χ1v) is 6.68. The highest BCUT2D eigenvalue weighted by molar-refractivity contribution is 5.22. The van der Waals surface area contributed by atoms with Crippen LogP contribution in [-0.2, 0) is 12.8 Å². The Labute approximate surface area is 105 Å². The number of hydrogen-bond acceptors (Lipinski definition) is 2. The molecule has 0 aromatic heterocycles. The van der Waals surface area contributed by atoms with Crippen LogP contribution in [0.1, 0.15) is 44.2 Å². The van der Waals surface area contributed by atoms with E-state index in [-0.39, 0.29) is 12.1 Å². The molecule has 1 aromatic carbocycles. The molecule has 0 aliphatic heterocycles. The molecule has 0 spiro atoms. The zero-order valence-electron chi connectivity index (χ0n) is 11.0. The van der Waals surface area contributed by atoms with Gasteiger partial charge in [-0.3, -0.25) is 0 Å². The molecule has 1 aromatic rings. The number of nitrogens with two attached hydrogens (primary N) is 1. The molecule has 0 aliphatic carbocycles. The molecule has 2 unspecified atom stereocenters. The minimum atomic E-state index is -0.374. The quantitative estimate of drug-likeness (QED) is 0.763. The summed E-state index contributed by atoms with van der Waals surface area (Å²) in [4.78, 5) is 0. The first-order chi connectivity index (χ1) is 8.17. The van der Waals surface area contributed by atoms with E-state index in [1.807, 2.05) is 0 Å². The summed E-state index contributed by atoms with van der Waals surface area (Å²) in [5, 5.41) is 9.89. The fourth-order valence-electron chi connectivity index (χ4n) is 2.00. The molecule has 1 rings (SSSR count). The van der Waals surface area contributed by atoms with Gasteiger partial charge >= 0.3 is 0 Å². The largest absolute Gasteiger partial charge is 0.392 e. The number of aliphatic hydroxyl groups excluding tert-OH is 1. The minimum absolute atomic E-state index is 0.0742. The fraction of sp³-hybridized carbons (Fsp3) is 0.600. The Morgan fingerprint density at radius 2 is 1.65 bits per heavy atom. The van der Waals surface area contributed by atoms with E-state index in [9.17, 15) is 5.11 Å². The summed E-state index contributed by atoms with van der Waals surface area (Å²) in [6.45, 7) is 4.25. The number of aryl methyl sites for hydroxylation is 2. The Bertz CT molecular complexity index is 307. The van der Waals surface area contributed by atoms with Crippen molar-refractivity contribution in [3.8, 4) is 0 Å². The van der Waals surface area contributed by atoms with E-state index in [4.69, 9.17) is 5.73 Å². The Morgan fingerprint density at radius 3 is 2.18 bits per heavy atom. The van der Waals surface area contributed by atoms with Crippen LogP contribution in [0.2, 0.25) is 0 Å². The van der Waals surface area contributed by atoms with Crippen molar-refractivity contribution in [3.63, 3.8) is 0 Å². The smallest absolute Gasteiger partial charge is 0.0694 e. The monoisotopic (exact) mass is 235 g/mol. The van der Waals surface area contributed by atoms with Crippen molar-refractivity contribution in [3.05, 3.63) is 35.4 Å². The Morgan fingerprint density at radius 1 is 1.06 bits per heavy atom. The molecule has 0 bridgehead atoms. The van der Waals surface area contributed by atoms with Gasteiger partial charge in [-0.15, -0.1) is 0 Å². The zero-order valence-corrected chi connectivity index (χ0v) is 11.0. The lowest BCUT2D eigenvalue weighted by Crippen LogP contribution is -2.34. The van der Waals surface area contributed by atoms with Crippen LogP contribution < -0.4 is 5.73 Å². The maximum absolute atomic E-state index is 9.89.